The molecule has 0 radical (unpaired) electrons. The molecule has 0 heterocycles. The highest BCUT2D eigenvalue weighted by Gasteiger charge is 2.12. The topological polar surface area (TPSA) is 46.5 Å². The number of hydrogen-bond acceptors (Lipinski definition) is 3. The van der Waals surface area contributed by atoms with Crippen LogP contribution in [0.2, 0.25) is 0 Å². The van der Waals surface area contributed by atoms with Gasteiger partial charge in [0.1, 0.15) is 11.5 Å². The molecule has 0 saturated heterocycles. The molecule has 3 nitrogen and oxygen atoms in total. The fourth-order valence-electron chi connectivity index (χ4n) is 1.29. The van der Waals surface area contributed by atoms with E-state index in [1.165, 1.54) is 12.1 Å². The van der Waals surface area contributed by atoms with Gasteiger partial charge in [-0.2, -0.15) is 0 Å². The van der Waals surface area contributed by atoms with Crippen molar-refractivity contribution in [2.75, 3.05) is 0 Å². The Balaban J connectivity index is 2.03. The normalized spacial score (nSPS) is 13.7. The van der Waals surface area contributed by atoms with Gasteiger partial charge in [0.05, 0.1) is 0 Å². The van der Waals surface area contributed by atoms with E-state index in [2.05, 4.69) is 0 Å². The number of carbonyl (C=O) groups excluding carboxylic acids is 1. The second kappa shape index (κ2) is 4.00. The Labute approximate surface area is 87.3 Å². The zero-order chi connectivity index (χ0) is 10.7. The lowest BCUT2D eigenvalue weighted by Crippen LogP contribution is -2.09. The number of benzene rings is 1. The number of allylic oxidation sites excluding steroid dienone is 3. The number of rotatable bonds is 2. The summed E-state index contributed by atoms with van der Waals surface area (Å²) in [6.07, 6.45) is 6.08. The zero-order valence-corrected chi connectivity index (χ0v) is 8.01. The highest BCUT2D eigenvalue weighted by molar-refractivity contribution is 5.91. The molecular weight excluding hydrogens is 192 g/mol. The van der Waals surface area contributed by atoms with Crippen molar-refractivity contribution < 1.29 is 14.6 Å². The molecule has 0 saturated carbocycles. The van der Waals surface area contributed by atoms with Gasteiger partial charge in [0.2, 0.25) is 0 Å². The van der Waals surface area contributed by atoms with Gasteiger partial charge in [-0.05, 0) is 30.7 Å². The molecule has 0 aliphatic heterocycles. The third-order valence-electron chi connectivity index (χ3n) is 2.08. The minimum absolute atomic E-state index is 0.150. The number of esters is 1. The first-order valence-corrected chi connectivity index (χ1v) is 4.62. The molecule has 3 heteroatoms. The predicted octanol–water partition coefficient (Wildman–Crippen LogP) is 2.18. The Morgan fingerprint density at radius 2 is 2.00 bits per heavy atom. The summed E-state index contributed by atoms with van der Waals surface area (Å²) in [5.41, 5.74) is 0.642. The van der Waals surface area contributed by atoms with Gasteiger partial charge in [0.15, 0.2) is 0 Å². The number of ether oxygens (including phenoxy) is 1. The van der Waals surface area contributed by atoms with Gasteiger partial charge in [0, 0.05) is 5.57 Å². The molecule has 0 atom stereocenters. The first-order valence-electron chi connectivity index (χ1n) is 4.62. The molecule has 0 bridgehead atoms. The van der Waals surface area contributed by atoms with Gasteiger partial charge in [-0.15, -0.1) is 0 Å². The van der Waals surface area contributed by atoms with Gasteiger partial charge in [0.25, 0.3) is 0 Å². The highest BCUT2D eigenvalue weighted by atomic mass is 16.5. The van der Waals surface area contributed by atoms with Crippen LogP contribution in [0.25, 0.3) is 0 Å². The molecule has 1 aromatic rings. The summed E-state index contributed by atoms with van der Waals surface area (Å²) >= 11 is 0. The Morgan fingerprint density at radius 3 is 2.60 bits per heavy atom. The fourth-order valence-corrected chi connectivity index (χ4v) is 1.29. The molecule has 1 aliphatic carbocycles. The van der Waals surface area contributed by atoms with Crippen LogP contribution in [0.1, 0.15) is 6.42 Å². The number of phenolic OH excluding ortho intramolecular Hbond substituents is 1. The lowest BCUT2D eigenvalue weighted by atomic mass is 10.2. The molecule has 0 aromatic heterocycles. The van der Waals surface area contributed by atoms with Crippen molar-refractivity contribution in [2.45, 2.75) is 6.42 Å². The van der Waals surface area contributed by atoms with E-state index in [4.69, 9.17) is 9.84 Å². The number of phenols is 1. The van der Waals surface area contributed by atoms with Crippen LogP contribution >= 0.6 is 0 Å². The SMILES string of the molecule is O=C(Oc1ccc(O)cc1)C1=CC=CC1. The van der Waals surface area contributed by atoms with E-state index in [0.717, 1.165) is 0 Å². The summed E-state index contributed by atoms with van der Waals surface area (Å²) in [5, 5.41) is 9.04. The molecule has 1 aliphatic rings. The van der Waals surface area contributed by atoms with Crippen LogP contribution in [0.3, 0.4) is 0 Å². The van der Waals surface area contributed by atoms with Gasteiger partial charge in [-0.3, -0.25) is 0 Å². The summed E-state index contributed by atoms with van der Waals surface area (Å²) in [4.78, 5) is 11.5. The van der Waals surface area contributed by atoms with Crippen LogP contribution in [0.5, 0.6) is 11.5 Å². The van der Waals surface area contributed by atoms with Crippen molar-refractivity contribution in [1.82, 2.24) is 0 Å². The molecule has 15 heavy (non-hydrogen) atoms. The maximum absolute atomic E-state index is 11.5. The van der Waals surface area contributed by atoms with E-state index < -0.39 is 0 Å². The third-order valence-corrected chi connectivity index (χ3v) is 2.08. The monoisotopic (exact) mass is 202 g/mol. The first-order chi connectivity index (χ1) is 7.25. The minimum Gasteiger partial charge on any atom is -0.508 e. The van der Waals surface area contributed by atoms with E-state index in [9.17, 15) is 4.79 Å². The third kappa shape index (κ3) is 2.26. The molecule has 0 spiro atoms. The van der Waals surface area contributed by atoms with Crippen LogP contribution in [-0.4, -0.2) is 11.1 Å². The summed E-state index contributed by atoms with van der Waals surface area (Å²) in [6.45, 7) is 0. The Kier molecular flexibility index (Phi) is 2.54. The van der Waals surface area contributed by atoms with E-state index in [0.29, 0.717) is 17.7 Å². The second-order valence-electron chi connectivity index (χ2n) is 3.21. The van der Waals surface area contributed by atoms with E-state index in [-0.39, 0.29) is 11.7 Å². The van der Waals surface area contributed by atoms with E-state index in [1.54, 1.807) is 18.2 Å². The molecule has 0 amide bonds. The van der Waals surface area contributed by atoms with Crippen molar-refractivity contribution >= 4 is 5.97 Å². The molecule has 0 unspecified atom stereocenters. The van der Waals surface area contributed by atoms with E-state index in [1.807, 2.05) is 12.2 Å². The van der Waals surface area contributed by atoms with Crippen molar-refractivity contribution in [2.24, 2.45) is 0 Å². The predicted molar refractivity (Wildman–Crippen MR) is 55.6 cm³/mol. The molecule has 76 valence electrons. The Morgan fingerprint density at radius 1 is 1.27 bits per heavy atom. The maximum Gasteiger partial charge on any atom is 0.339 e. The number of carbonyl (C=O) groups is 1. The number of hydrogen-bond donors (Lipinski definition) is 1. The molecule has 1 N–H and O–H groups in total. The quantitative estimate of drug-likeness (QED) is 0.590. The first kappa shape index (κ1) is 9.52. The van der Waals surface area contributed by atoms with Gasteiger partial charge < -0.3 is 9.84 Å². The van der Waals surface area contributed by atoms with Crippen LogP contribution in [0.4, 0.5) is 0 Å². The van der Waals surface area contributed by atoms with E-state index >= 15 is 0 Å². The molecular formula is C12H10O3. The van der Waals surface area contributed by atoms with Crippen LogP contribution in [0, 0.1) is 0 Å². The summed E-state index contributed by atoms with van der Waals surface area (Å²) in [6, 6.07) is 6.06. The van der Waals surface area contributed by atoms with Crippen molar-refractivity contribution in [3.05, 3.63) is 48.1 Å². The number of aromatic hydroxyl groups is 1. The summed E-state index contributed by atoms with van der Waals surface area (Å²) < 4.78 is 5.09. The minimum atomic E-state index is -0.342. The van der Waals surface area contributed by atoms with Gasteiger partial charge in [-0.1, -0.05) is 18.2 Å². The lowest BCUT2D eigenvalue weighted by Gasteiger charge is -2.04. The van der Waals surface area contributed by atoms with Crippen LogP contribution in [0.15, 0.2) is 48.1 Å². The lowest BCUT2D eigenvalue weighted by molar-refractivity contribution is -0.130. The van der Waals surface area contributed by atoms with Crippen LogP contribution in [-0.2, 0) is 4.79 Å². The molecule has 0 fully saturated rings. The van der Waals surface area contributed by atoms with Gasteiger partial charge >= 0.3 is 5.97 Å². The smallest absolute Gasteiger partial charge is 0.339 e. The van der Waals surface area contributed by atoms with Gasteiger partial charge in [-0.25, -0.2) is 4.79 Å². The van der Waals surface area contributed by atoms with Crippen molar-refractivity contribution in [1.29, 1.82) is 0 Å². The molecule has 2 rings (SSSR count). The highest BCUT2D eigenvalue weighted by Crippen LogP contribution is 2.19. The Bertz CT molecular complexity index is 427. The van der Waals surface area contributed by atoms with Crippen molar-refractivity contribution in [3.8, 4) is 11.5 Å². The maximum atomic E-state index is 11.5. The summed E-state index contributed by atoms with van der Waals surface area (Å²) in [7, 11) is 0. The average molecular weight is 202 g/mol. The van der Waals surface area contributed by atoms with Crippen molar-refractivity contribution in [3.63, 3.8) is 0 Å². The molecule has 1 aromatic carbocycles. The average Bonchev–Trinajstić information content (AvgIpc) is 2.74. The standard InChI is InChI=1S/C12H10O3/c13-10-5-7-11(8-6-10)15-12(14)9-3-1-2-4-9/h1-3,5-8,13H,4H2. The largest absolute Gasteiger partial charge is 0.508 e. The zero-order valence-electron chi connectivity index (χ0n) is 8.01. The fraction of sp³-hybridized carbons (Fsp3) is 0.0833. The summed E-state index contributed by atoms with van der Waals surface area (Å²) in [5.74, 6) is 0.243. The van der Waals surface area contributed by atoms with Crippen LogP contribution < -0.4 is 4.74 Å². The second-order valence-corrected chi connectivity index (χ2v) is 3.21. The Hall–Kier alpha value is -2.03.